The van der Waals surface area contributed by atoms with Gasteiger partial charge >= 0.3 is 0 Å². The maximum atomic E-state index is 13.0. The highest BCUT2D eigenvalue weighted by atomic mass is 19.1. The van der Waals surface area contributed by atoms with E-state index in [1.807, 2.05) is 31.1 Å². The minimum Gasteiger partial charge on any atom is -0.378 e. The van der Waals surface area contributed by atoms with Crippen molar-refractivity contribution in [3.05, 3.63) is 71.6 Å². The van der Waals surface area contributed by atoms with Gasteiger partial charge in [0.2, 0.25) is 0 Å². The SMILES string of the molecule is CN(C)c1ccc(C(=O)/C=C/c2cccc(F)c2)cc1. The van der Waals surface area contributed by atoms with Crippen molar-refractivity contribution in [1.29, 1.82) is 0 Å². The number of halogens is 1. The van der Waals surface area contributed by atoms with E-state index in [1.165, 1.54) is 18.2 Å². The van der Waals surface area contributed by atoms with Gasteiger partial charge < -0.3 is 4.90 Å². The lowest BCUT2D eigenvalue weighted by Crippen LogP contribution is -2.08. The van der Waals surface area contributed by atoms with Crippen LogP contribution in [0.3, 0.4) is 0 Å². The van der Waals surface area contributed by atoms with Crippen molar-refractivity contribution in [2.75, 3.05) is 19.0 Å². The van der Waals surface area contributed by atoms with Gasteiger partial charge in [0, 0.05) is 25.3 Å². The summed E-state index contributed by atoms with van der Waals surface area (Å²) in [7, 11) is 3.89. The van der Waals surface area contributed by atoms with Gasteiger partial charge in [-0.1, -0.05) is 18.2 Å². The molecule has 0 heterocycles. The molecule has 0 aliphatic carbocycles. The number of hydrogen-bond acceptors (Lipinski definition) is 2. The molecule has 0 aliphatic heterocycles. The topological polar surface area (TPSA) is 20.3 Å². The molecule has 0 fully saturated rings. The van der Waals surface area contributed by atoms with E-state index in [-0.39, 0.29) is 11.6 Å². The van der Waals surface area contributed by atoms with Crippen LogP contribution in [0.4, 0.5) is 10.1 Å². The van der Waals surface area contributed by atoms with Crippen LogP contribution in [0.15, 0.2) is 54.6 Å². The number of nitrogens with zero attached hydrogens (tertiary/aromatic N) is 1. The number of carbonyl (C=O) groups excluding carboxylic acids is 1. The zero-order valence-corrected chi connectivity index (χ0v) is 11.5. The first-order valence-corrected chi connectivity index (χ1v) is 6.31. The molecule has 3 heteroatoms. The second-order valence-corrected chi connectivity index (χ2v) is 4.69. The Morgan fingerprint density at radius 2 is 1.80 bits per heavy atom. The maximum absolute atomic E-state index is 13.0. The summed E-state index contributed by atoms with van der Waals surface area (Å²) in [5.74, 6) is -0.408. The second-order valence-electron chi connectivity index (χ2n) is 4.69. The highest BCUT2D eigenvalue weighted by Gasteiger charge is 2.02. The van der Waals surface area contributed by atoms with E-state index in [0.29, 0.717) is 11.1 Å². The van der Waals surface area contributed by atoms with Crippen LogP contribution in [0, 0.1) is 5.82 Å². The lowest BCUT2D eigenvalue weighted by atomic mass is 10.1. The van der Waals surface area contributed by atoms with Gasteiger partial charge in [0.25, 0.3) is 0 Å². The van der Waals surface area contributed by atoms with E-state index in [2.05, 4.69) is 0 Å². The van der Waals surface area contributed by atoms with Gasteiger partial charge in [0.05, 0.1) is 0 Å². The summed E-state index contributed by atoms with van der Waals surface area (Å²) < 4.78 is 13.0. The van der Waals surface area contributed by atoms with Crippen LogP contribution in [-0.2, 0) is 0 Å². The van der Waals surface area contributed by atoms with Crippen molar-refractivity contribution in [2.24, 2.45) is 0 Å². The quantitative estimate of drug-likeness (QED) is 0.621. The van der Waals surface area contributed by atoms with E-state index >= 15 is 0 Å². The lowest BCUT2D eigenvalue weighted by Gasteiger charge is -2.11. The fourth-order valence-electron chi connectivity index (χ4n) is 1.80. The van der Waals surface area contributed by atoms with E-state index in [0.717, 1.165) is 5.69 Å². The summed E-state index contributed by atoms with van der Waals surface area (Å²) in [6, 6.07) is 13.5. The van der Waals surface area contributed by atoms with Crippen LogP contribution in [0.2, 0.25) is 0 Å². The maximum Gasteiger partial charge on any atom is 0.185 e. The molecule has 0 amide bonds. The first-order valence-electron chi connectivity index (χ1n) is 6.31. The molecule has 2 aromatic carbocycles. The molecular weight excluding hydrogens is 253 g/mol. The molecule has 0 unspecified atom stereocenters. The molecule has 20 heavy (non-hydrogen) atoms. The molecule has 0 radical (unpaired) electrons. The van der Waals surface area contributed by atoms with Crippen molar-refractivity contribution < 1.29 is 9.18 Å². The van der Waals surface area contributed by atoms with Crippen molar-refractivity contribution in [2.45, 2.75) is 0 Å². The predicted octanol–water partition coefficient (Wildman–Crippen LogP) is 3.79. The number of benzene rings is 2. The first kappa shape index (κ1) is 14.0. The van der Waals surface area contributed by atoms with Gasteiger partial charge in [-0.25, -0.2) is 4.39 Å². The third-order valence-electron chi connectivity index (χ3n) is 2.94. The molecular formula is C17H16FNO. The summed E-state index contributed by atoms with van der Waals surface area (Å²) in [4.78, 5) is 14.0. The third-order valence-corrected chi connectivity index (χ3v) is 2.94. The van der Waals surface area contributed by atoms with Crippen LogP contribution in [0.5, 0.6) is 0 Å². The molecule has 0 aliphatic rings. The Bertz CT molecular complexity index is 630. The number of anilines is 1. The van der Waals surface area contributed by atoms with Crippen molar-refractivity contribution in [3.63, 3.8) is 0 Å². The Balaban J connectivity index is 2.11. The summed E-state index contributed by atoms with van der Waals surface area (Å²) in [6.45, 7) is 0. The van der Waals surface area contributed by atoms with E-state index in [1.54, 1.807) is 30.3 Å². The lowest BCUT2D eigenvalue weighted by molar-refractivity contribution is 0.104. The molecule has 0 saturated heterocycles. The average Bonchev–Trinajstić information content (AvgIpc) is 2.45. The summed E-state index contributed by atoms with van der Waals surface area (Å²) >= 11 is 0. The molecule has 0 saturated carbocycles. The molecule has 2 rings (SSSR count). The average molecular weight is 269 g/mol. The van der Waals surface area contributed by atoms with Crippen LogP contribution in [0.25, 0.3) is 6.08 Å². The Morgan fingerprint density at radius 1 is 1.10 bits per heavy atom. The Hall–Kier alpha value is -2.42. The number of hydrogen-bond donors (Lipinski definition) is 0. The highest BCUT2D eigenvalue weighted by Crippen LogP contribution is 2.13. The Morgan fingerprint density at radius 3 is 2.40 bits per heavy atom. The first-order chi connectivity index (χ1) is 9.56. The molecule has 0 bridgehead atoms. The summed E-state index contributed by atoms with van der Waals surface area (Å²) in [6.07, 6.45) is 3.07. The Kier molecular flexibility index (Phi) is 4.31. The van der Waals surface area contributed by atoms with E-state index in [9.17, 15) is 9.18 Å². The summed E-state index contributed by atoms with van der Waals surface area (Å²) in [5, 5.41) is 0. The smallest absolute Gasteiger partial charge is 0.185 e. The molecule has 0 N–H and O–H groups in total. The van der Waals surface area contributed by atoms with Crippen LogP contribution in [0.1, 0.15) is 15.9 Å². The predicted molar refractivity (Wildman–Crippen MR) is 80.5 cm³/mol. The van der Waals surface area contributed by atoms with Crippen LogP contribution < -0.4 is 4.90 Å². The van der Waals surface area contributed by atoms with Crippen LogP contribution >= 0.6 is 0 Å². The normalized spacial score (nSPS) is 10.8. The van der Waals surface area contributed by atoms with E-state index < -0.39 is 0 Å². The molecule has 2 nitrogen and oxygen atoms in total. The zero-order chi connectivity index (χ0) is 14.5. The minimum absolute atomic E-state index is 0.0976. The fourth-order valence-corrected chi connectivity index (χ4v) is 1.80. The van der Waals surface area contributed by atoms with Gasteiger partial charge in [0.15, 0.2) is 5.78 Å². The zero-order valence-electron chi connectivity index (χ0n) is 11.5. The molecule has 2 aromatic rings. The van der Waals surface area contributed by atoms with Crippen molar-refractivity contribution >= 4 is 17.5 Å². The van der Waals surface area contributed by atoms with Gasteiger partial charge in [-0.15, -0.1) is 0 Å². The van der Waals surface area contributed by atoms with Crippen molar-refractivity contribution in [1.82, 2.24) is 0 Å². The van der Waals surface area contributed by atoms with Gasteiger partial charge in [-0.3, -0.25) is 4.79 Å². The number of allylic oxidation sites excluding steroid dienone is 1. The standard InChI is InChI=1S/C17H16FNO/c1-19(2)16-9-7-14(8-10-16)17(20)11-6-13-4-3-5-15(18)12-13/h3-12H,1-2H3/b11-6+. The monoisotopic (exact) mass is 269 g/mol. The second kappa shape index (κ2) is 6.15. The van der Waals surface area contributed by atoms with Crippen molar-refractivity contribution in [3.8, 4) is 0 Å². The summed E-state index contributed by atoms with van der Waals surface area (Å²) in [5.41, 5.74) is 2.32. The number of carbonyl (C=O) groups is 1. The van der Waals surface area contributed by atoms with E-state index in [4.69, 9.17) is 0 Å². The molecule has 0 aromatic heterocycles. The minimum atomic E-state index is -0.310. The number of ketones is 1. The molecule has 102 valence electrons. The largest absolute Gasteiger partial charge is 0.378 e. The third kappa shape index (κ3) is 3.54. The van der Waals surface area contributed by atoms with Gasteiger partial charge in [-0.05, 0) is 48.0 Å². The highest BCUT2D eigenvalue weighted by molar-refractivity contribution is 6.06. The van der Waals surface area contributed by atoms with Gasteiger partial charge in [-0.2, -0.15) is 0 Å². The fraction of sp³-hybridized carbons (Fsp3) is 0.118. The molecule has 0 atom stereocenters. The molecule has 0 spiro atoms. The number of rotatable bonds is 4. The Labute approximate surface area is 118 Å². The van der Waals surface area contributed by atoms with Gasteiger partial charge in [0.1, 0.15) is 5.82 Å². The van der Waals surface area contributed by atoms with Crippen LogP contribution in [-0.4, -0.2) is 19.9 Å².